The van der Waals surface area contributed by atoms with Gasteiger partial charge < -0.3 is 19.5 Å². The van der Waals surface area contributed by atoms with Crippen LogP contribution in [0.25, 0.3) is 10.9 Å². The molecule has 3 aromatic rings. The second-order valence-corrected chi connectivity index (χ2v) is 10.3. The van der Waals surface area contributed by atoms with E-state index in [-0.39, 0.29) is 18.3 Å². The van der Waals surface area contributed by atoms with Crippen molar-refractivity contribution in [3.05, 3.63) is 65.9 Å². The molecule has 0 spiro atoms. The molecule has 7 heteroatoms. The number of benzene rings is 2. The minimum atomic E-state index is -1.13. The summed E-state index contributed by atoms with van der Waals surface area (Å²) in [7, 11) is 3.27. The second-order valence-electron chi connectivity index (χ2n) is 10.3. The number of aryl methyl sites for hydroxylation is 1. The Hall–Kier alpha value is -3.19. The number of rotatable bonds is 13. The highest BCUT2D eigenvalue weighted by Crippen LogP contribution is 2.36. The third-order valence-electron chi connectivity index (χ3n) is 7.87. The first kappa shape index (κ1) is 27.8. The van der Waals surface area contributed by atoms with Gasteiger partial charge in [-0.15, -0.1) is 0 Å². The Labute approximate surface area is 224 Å². The molecule has 3 atom stereocenters. The van der Waals surface area contributed by atoms with Gasteiger partial charge in [0.2, 0.25) is 0 Å². The van der Waals surface area contributed by atoms with Gasteiger partial charge in [0.25, 0.3) is 0 Å². The fourth-order valence-electron chi connectivity index (χ4n) is 5.71. The highest BCUT2D eigenvalue weighted by molar-refractivity contribution is 5.83. The van der Waals surface area contributed by atoms with Crippen LogP contribution in [-0.4, -0.2) is 54.8 Å². The zero-order valence-corrected chi connectivity index (χ0v) is 22.4. The zero-order valence-electron chi connectivity index (χ0n) is 22.4. The van der Waals surface area contributed by atoms with Crippen LogP contribution in [0.3, 0.4) is 0 Å². The van der Waals surface area contributed by atoms with Gasteiger partial charge >= 0.3 is 5.97 Å². The van der Waals surface area contributed by atoms with Crippen LogP contribution in [0.4, 0.5) is 4.39 Å². The molecule has 38 heavy (non-hydrogen) atoms. The number of carboxylic acids is 1. The van der Waals surface area contributed by atoms with Crippen molar-refractivity contribution in [1.29, 1.82) is 0 Å². The first-order chi connectivity index (χ1) is 18.5. The third kappa shape index (κ3) is 7.44. The maximum atomic E-state index is 15.5. The molecule has 0 aliphatic carbocycles. The monoisotopic (exact) mass is 522 g/mol. The second kappa shape index (κ2) is 13.6. The number of aliphatic carboxylic acids is 1. The Morgan fingerprint density at radius 2 is 1.84 bits per heavy atom. The van der Waals surface area contributed by atoms with Crippen molar-refractivity contribution in [3.63, 3.8) is 0 Å². The number of fused-ring (bicyclic) bond motifs is 1. The molecule has 1 saturated heterocycles. The molecule has 6 nitrogen and oxygen atoms in total. The van der Waals surface area contributed by atoms with Gasteiger partial charge in [-0.1, -0.05) is 12.1 Å². The van der Waals surface area contributed by atoms with E-state index in [0.717, 1.165) is 62.0 Å². The summed E-state index contributed by atoms with van der Waals surface area (Å²) in [5, 5.41) is 10.3. The van der Waals surface area contributed by atoms with E-state index < -0.39 is 12.1 Å². The standard InChI is InChI=1S/C31H39FN2O4/c1-37-25-9-6-22(7-10-25)5-3-4-17-34-18-15-23(24(21-34)19-31(35)36)8-12-29(32)27-14-16-33-30-13-11-26(38-2)20-28(27)30/h6-7,9-11,13-14,16,20,23-24,29H,3-5,8,12,15,17-19,21H2,1-2H3,(H,35,36)/t23-,24+,29?/m1/s1. The number of pyridine rings is 1. The molecule has 4 rings (SSSR count). The molecule has 1 fully saturated rings. The van der Waals surface area contributed by atoms with E-state index in [2.05, 4.69) is 22.0 Å². The molecular weight excluding hydrogens is 483 g/mol. The van der Waals surface area contributed by atoms with E-state index in [4.69, 9.17) is 9.47 Å². The minimum absolute atomic E-state index is 0.0457. The van der Waals surface area contributed by atoms with Crippen LogP contribution in [0.5, 0.6) is 11.5 Å². The number of piperidine rings is 1. The Balaban J connectivity index is 1.29. The van der Waals surface area contributed by atoms with Crippen molar-refractivity contribution >= 4 is 16.9 Å². The number of ether oxygens (including phenoxy) is 2. The predicted octanol–water partition coefficient (Wildman–Crippen LogP) is 6.48. The van der Waals surface area contributed by atoms with Crippen molar-refractivity contribution in [2.24, 2.45) is 11.8 Å². The largest absolute Gasteiger partial charge is 0.497 e. The van der Waals surface area contributed by atoms with Crippen molar-refractivity contribution < 1.29 is 23.8 Å². The number of halogens is 1. The summed E-state index contributed by atoms with van der Waals surface area (Å²) in [5.41, 5.74) is 2.67. The molecule has 0 radical (unpaired) electrons. The normalized spacial score (nSPS) is 18.8. The first-order valence-electron chi connectivity index (χ1n) is 13.6. The number of aromatic nitrogens is 1. The van der Waals surface area contributed by atoms with Crippen molar-refractivity contribution in [2.75, 3.05) is 33.9 Å². The third-order valence-corrected chi connectivity index (χ3v) is 7.87. The maximum absolute atomic E-state index is 15.5. The summed E-state index contributed by atoms with van der Waals surface area (Å²) < 4.78 is 26.1. The van der Waals surface area contributed by atoms with Crippen LogP contribution in [0, 0.1) is 11.8 Å². The van der Waals surface area contributed by atoms with Crippen LogP contribution in [-0.2, 0) is 11.2 Å². The molecular formula is C31H39FN2O4. The smallest absolute Gasteiger partial charge is 0.303 e. The van der Waals surface area contributed by atoms with E-state index >= 15 is 4.39 Å². The summed E-state index contributed by atoms with van der Waals surface area (Å²) in [4.78, 5) is 18.4. The quantitative estimate of drug-likeness (QED) is 0.259. The molecule has 1 unspecified atom stereocenters. The number of hydrogen-bond acceptors (Lipinski definition) is 5. The molecule has 0 bridgehead atoms. The lowest BCUT2D eigenvalue weighted by Crippen LogP contribution is -2.41. The molecule has 2 heterocycles. The van der Waals surface area contributed by atoms with Crippen molar-refractivity contribution in [1.82, 2.24) is 9.88 Å². The topological polar surface area (TPSA) is 71.9 Å². The van der Waals surface area contributed by atoms with Crippen LogP contribution < -0.4 is 9.47 Å². The van der Waals surface area contributed by atoms with E-state index in [9.17, 15) is 9.90 Å². The summed E-state index contributed by atoms with van der Waals surface area (Å²) in [5.74, 6) is 1.03. The SMILES string of the molecule is COc1ccc(CCCCN2CC[C@@H](CCC(F)c3ccnc4ccc(OC)cc34)[C@@H](CC(=O)O)C2)cc1. The van der Waals surface area contributed by atoms with Gasteiger partial charge in [-0.05, 0) is 111 Å². The summed E-state index contributed by atoms with van der Waals surface area (Å²) in [6, 6.07) is 15.5. The molecule has 204 valence electrons. The highest BCUT2D eigenvalue weighted by Gasteiger charge is 2.31. The Morgan fingerprint density at radius 3 is 2.58 bits per heavy atom. The maximum Gasteiger partial charge on any atom is 0.303 e. The van der Waals surface area contributed by atoms with Gasteiger partial charge in [-0.3, -0.25) is 9.78 Å². The molecule has 0 amide bonds. The lowest BCUT2D eigenvalue weighted by Gasteiger charge is -2.38. The number of likely N-dealkylation sites (tertiary alicyclic amines) is 1. The molecule has 2 aromatic carbocycles. The Kier molecular flexibility index (Phi) is 9.93. The van der Waals surface area contributed by atoms with Gasteiger partial charge in [0.1, 0.15) is 17.7 Å². The average Bonchev–Trinajstić information content (AvgIpc) is 2.94. The minimum Gasteiger partial charge on any atom is -0.497 e. The number of methoxy groups -OCH3 is 2. The molecule has 0 saturated carbocycles. The molecule has 1 N–H and O–H groups in total. The van der Waals surface area contributed by atoms with Gasteiger partial charge in [0, 0.05) is 24.5 Å². The fourth-order valence-corrected chi connectivity index (χ4v) is 5.71. The van der Waals surface area contributed by atoms with E-state index in [0.29, 0.717) is 24.2 Å². The van der Waals surface area contributed by atoms with Crippen LogP contribution >= 0.6 is 0 Å². The summed E-state index contributed by atoms with van der Waals surface area (Å²) >= 11 is 0. The van der Waals surface area contributed by atoms with E-state index in [1.165, 1.54) is 5.56 Å². The van der Waals surface area contributed by atoms with E-state index in [1.54, 1.807) is 26.5 Å². The van der Waals surface area contributed by atoms with Gasteiger partial charge in [0.15, 0.2) is 0 Å². The zero-order chi connectivity index (χ0) is 26.9. The predicted molar refractivity (Wildman–Crippen MR) is 148 cm³/mol. The summed E-state index contributed by atoms with van der Waals surface area (Å²) in [6.45, 7) is 2.68. The lowest BCUT2D eigenvalue weighted by molar-refractivity contribution is -0.139. The van der Waals surface area contributed by atoms with Crippen LogP contribution in [0.1, 0.15) is 55.8 Å². The average molecular weight is 523 g/mol. The summed E-state index contributed by atoms with van der Waals surface area (Å²) in [6.07, 6.45) is 5.80. The Morgan fingerprint density at radius 1 is 1.08 bits per heavy atom. The van der Waals surface area contributed by atoms with Crippen LogP contribution in [0.15, 0.2) is 54.7 Å². The van der Waals surface area contributed by atoms with E-state index in [1.807, 2.05) is 30.3 Å². The molecule has 1 aliphatic heterocycles. The lowest BCUT2D eigenvalue weighted by atomic mass is 9.79. The van der Waals surface area contributed by atoms with Crippen molar-refractivity contribution in [2.45, 2.75) is 51.1 Å². The number of nitrogens with zero attached hydrogens (tertiary/aromatic N) is 2. The number of hydrogen-bond donors (Lipinski definition) is 1. The molecule has 1 aromatic heterocycles. The number of alkyl halides is 1. The van der Waals surface area contributed by atoms with Gasteiger partial charge in [-0.2, -0.15) is 0 Å². The van der Waals surface area contributed by atoms with Crippen LogP contribution in [0.2, 0.25) is 0 Å². The number of unbranched alkanes of at least 4 members (excludes halogenated alkanes) is 1. The number of carboxylic acid groups (broad SMARTS) is 1. The fraction of sp³-hybridized carbons (Fsp3) is 0.484. The molecule has 1 aliphatic rings. The van der Waals surface area contributed by atoms with Crippen molar-refractivity contribution in [3.8, 4) is 11.5 Å². The van der Waals surface area contributed by atoms with Gasteiger partial charge in [0.05, 0.1) is 19.7 Å². The number of carbonyl (C=O) groups is 1. The van der Waals surface area contributed by atoms with Gasteiger partial charge in [-0.25, -0.2) is 4.39 Å². The first-order valence-corrected chi connectivity index (χ1v) is 13.6. The Bertz CT molecular complexity index is 1190. The highest BCUT2D eigenvalue weighted by atomic mass is 19.1.